The second-order valence-corrected chi connectivity index (χ2v) is 4.07. The fraction of sp³-hybridized carbons (Fsp3) is 0.800. The van der Waals surface area contributed by atoms with E-state index in [0.29, 0.717) is 0 Å². The Morgan fingerprint density at radius 1 is 1.29 bits per heavy atom. The maximum Gasteiger partial charge on any atom is 0.293 e. The number of carbonyl (C=O) groups excluding carboxylic acids is 1. The molecule has 2 rings (SSSR count). The van der Waals surface area contributed by atoms with Crippen LogP contribution in [-0.4, -0.2) is 48.0 Å². The molecule has 0 spiro atoms. The van der Waals surface area contributed by atoms with E-state index in [4.69, 9.17) is 0 Å². The SMILES string of the molecule is C=[N+](C1CNC1=O)N1CCCCCC1. The number of amides is 1. The van der Waals surface area contributed by atoms with Crippen LogP contribution in [0.25, 0.3) is 0 Å². The van der Waals surface area contributed by atoms with Crippen molar-refractivity contribution in [3.63, 3.8) is 0 Å². The summed E-state index contributed by atoms with van der Waals surface area (Å²) in [6.07, 6.45) is 5.06. The third-order valence-electron chi connectivity index (χ3n) is 3.08. The van der Waals surface area contributed by atoms with Gasteiger partial charge in [-0.15, -0.1) is 4.68 Å². The first-order chi connectivity index (χ1) is 6.79. The number of rotatable bonds is 2. The lowest BCUT2D eigenvalue weighted by Crippen LogP contribution is -2.62. The molecule has 2 aliphatic rings. The third-order valence-corrected chi connectivity index (χ3v) is 3.08. The first kappa shape index (κ1) is 9.49. The lowest BCUT2D eigenvalue weighted by molar-refractivity contribution is -0.703. The van der Waals surface area contributed by atoms with Gasteiger partial charge >= 0.3 is 0 Å². The van der Waals surface area contributed by atoms with E-state index < -0.39 is 0 Å². The highest BCUT2D eigenvalue weighted by Crippen LogP contribution is 2.12. The molecule has 0 saturated carbocycles. The van der Waals surface area contributed by atoms with Gasteiger partial charge in [0.25, 0.3) is 11.9 Å². The number of carbonyl (C=O) groups is 1. The molecule has 0 aromatic carbocycles. The number of hydrogen-bond acceptors (Lipinski definition) is 2. The van der Waals surface area contributed by atoms with Crippen LogP contribution in [0.5, 0.6) is 0 Å². The average molecular weight is 196 g/mol. The summed E-state index contributed by atoms with van der Waals surface area (Å²) in [6, 6.07) is -0.0203. The minimum atomic E-state index is -0.0203. The highest BCUT2D eigenvalue weighted by molar-refractivity contribution is 5.86. The summed E-state index contributed by atoms with van der Waals surface area (Å²) in [6.45, 7) is 6.82. The molecule has 1 atom stereocenters. The zero-order valence-electron chi connectivity index (χ0n) is 8.54. The molecular weight excluding hydrogens is 178 g/mol. The van der Waals surface area contributed by atoms with Gasteiger partial charge in [0.05, 0.1) is 19.6 Å². The fourth-order valence-corrected chi connectivity index (χ4v) is 2.03. The third kappa shape index (κ3) is 1.74. The normalized spacial score (nSPS) is 27.6. The van der Waals surface area contributed by atoms with Crippen LogP contribution in [-0.2, 0) is 4.79 Å². The summed E-state index contributed by atoms with van der Waals surface area (Å²) in [4.78, 5) is 11.2. The maximum absolute atomic E-state index is 11.2. The monoisotopic (exact) mass is 196 g/mol. The molecule has 4 heteroatoms. The van der Waals surface area contributed by atoms with E-state index in [1.807, 2.05) is 4.68 Å². The van der Waals surface area contributed by atoms with E-state index in [0.717, 1.165) is 19.6 Å². The molecular formula is C10H18N3O+. The van der Waals surface area contributed by atoms with Crippen LogP contribution in [0, 0.1) is 0 Å². The molecule has 0 aromatic heterocycles. The number of nitrogens with zero attached hydrogens (tertiary/aromatic N) is 2. The van der Waals surface area contributed by atoms with E-state index in [2.05, 4.69) is 17.0 Å². The van der Waals surface area contributed by atoms with Crippen LogP contribution in [0.2, 0.25) is 0 Å². The second kappa shape index (κ2) is 3.98. The minimum absolute atomic E-state index is 0.0203. The Bertz CT molecular complexity index is 244. The van der Waals surface area contributed by atoms with Crippen molar-refractivity contribution < 1.29 is 9.48 Å². The van der Waals surface area contributed by atoms with Crippen LogP contribution in [0.4, 0.5) is 0 Å². The van der Waals surface area contributed by atoms with Crippen LogP contribution < -0.4 is 5.32 Å². The smallest absolute Gasteiger partial charge is 0.293 e. The molecule has 2 fully saturated rings. The maximum atomic E-state index is 11.2. The topological polar surface area (TPSA) is 35.4 Å². The first-order valence-corrected chi connectivity index (χ1v) is 5.41. The highest BCUT2D eigenvalue weighted by Gasteiger charge is 2.39. The van der Waals surface area contributed by atoms with E-state index in [-0.39, 0.29) is 11.9 Å². The van der Waals surface area contributed by atoms with E-state index >= 15 is 0 Å². The average Bonchev–Trinajstić information content (AvgIpc) is 2.43. The second-order valence-electron chi connectivity index (χ2n) is 4.07. The predicted molar refractivity (Wildman–Crippen MR) is 54.2 cm³/mol. The molecule has 0 bridgehead atoms. The highest BCUT2D eigenvalue weighted by atomic mass is 16.2. The van der Waals surface area contributed by atoms with Gasteiger partial charge in [-0.25, -0.2) is 0 Å². The van der Waals surface area contributed by atoms with Crippen molar-refractivity contribution >= 4 is 12.6 Å². The Balaban J connectivity index is 1.92. The molecule has 1 amide bonds. The molecule has 1 unspecified atom stereocenters. The number of hydrogen-bond donors (Lipinski definition) is 1. The molecule has 2 aliphatic heterocycles. The van der Waals surface area contributed by atoms with Crippen LogP contribution in [0.15, 0.2) is 0 Å². The Kier molecular flexibility index (Phi) is 2.70. The summed E-state index contributed by atoms with van der Waals surface area (Å²) in [7, 11) is 0. The van der Waals surface area contributed by atoms with Gasteiger partial charge in [0.2, 0.25) is 0 Å². The molecule has 1 N–H and O–H groups in total. The Morgan fingerprint density at radius 3 is 2.36 bits per heavy atom. The first-order valence-electron chi connectivity index (χ1n) is 5.41. The molecule has 0 radical (unpaired) electrons. The van der Waals surface area contributed by atoms with Crippen molar-refractivity contribution in [1.29, 1.82) is 0 Å². The van der Waals surface area contributed by atoms with Crippen LogP contribution >= 0.6 is 0 Å². The summed E-state index contributed by atoms with van der Waals surface area (Å²) < 4.78 is 1.88. The summed E-state index contributed by atoms with van der Waals surface area (Å²) >= 11 is 0. The number of β-lactam (4-membered cyclic amide) rings is 1. The fourth-order valence-electron chi connectivity index (χ4n) is 2.03. The van der Waals surface area contributed by atoms with Crippen LogP contribution in [0.3, 0.4) is 0 Å². The quantitative estimate of drug-likeness (QED) is 0.383. The van der Waals surface area contributed by atoms with Crippen molar-refractivity contribution in [2.75, 3.05) is 19.6 Å². The standard InChI is InChI=1S/C10H17N3O/c1-12(9-8-11-10(9)14)13-6-4-2-3-5-7-13/h9H,1-8H2/p+1. The number of hydrazine groups is 1. The number of hydrazone groups is 1. The summed E-state index contributed by atoms with van der Waals surface area (Å²) in [5.41, 5.74) is 0. The van der Waals surface area contributed by atoms with Gasteiger partial charge in [-0.3, -0.25) is 4.79 Å². The van der Waals surface area contributed by atoms with E-state index in [1.165, 1.54) is 25.7 Å². The van der Waals surface area contributed by atoms with Crippen LogP contribution in [0.1, 0.15) is 25.7 Å². The molecule has 14 heavy (non-hydrogen) atoms. The molecule has 0 aromatic rings. The van der Waals surface area contributed by atoms with E-state index in [9.17, 15) is 4.79 Å². The van der Waals surface area contributed by atoms with Gasteiger partial charge in [-0.05, 0) is 12.8 Å². The van der Waals surface area contributed by atoms with Crippen molar-refractivity contribution in [2.45, 2.75) is 31.7 Å². The van der Waals surface area contributed by atoms with Crippen molar-refractivity contribution in [3.8, 4) is 0 Å². The largest absolute Gasteiger partial charge is 0.343 e. The lowest BCUT2D eigenvalue weighted by Gasteiger charge is -2.28. The summed E-state index contributed by atoms with van der Waals surface area (Å²) in [5.74, 6) is 0.115. The molecule has 4 nitrogen and oxygen atoms in total. The van der Waals surface area contributed by atoms with Gasteiger partial charge in [0, 0.05) is 0 Å². The Labute approximate surface area is 84.6 Å². The van der Waals surface area contributed by atoms with Crippen molar-refractivity contribution in [3.05, 3.63) is 0 Å². The number of nitrogens with one attached hydrogen (secondary N) is 1. The minimum Gasteiger partial charge on any atom is -0.343 e. The molecule has 0 aliphatic carbocycles. The summed E-state index contributed by atoms with van der Waals surface area (Å²) in [5, 5.41) is 4.97. The zero-order chi connectivity index (χ0) is 9.97. The lowest BCUT2D eigenvalue weighted by atomic mass is 10.2. The van der Waals surface area contributed by atoms with Gasteiger partial charge in [0.1, 0.15) is 0 Å². The van der Waals surface area contributed by atoms with E-state index in [1.54, 1.807) is 0 Å². The van der Waals surface area contributed by atoms with Gasteiger partial charge in [0.15, 0.2) is 6.72 Å². The molecule has 2 saturated heterocycles. The predicted octanol–water partition coefficient (Wildman–Crippen LogP) is -0.0111. The van der Waals surface area contributed by atoms with Gasteiger partial charge < -0.3 is 5.32 Å². The zero-order valence-corrected chi connectivity index (χ0v) is 8.54. The Hall–Kier alpha value is -1.06. The Morgan fingerprint density at radius 2 is 1.93 bits per heavy atom. The molecule has 2 heterocycles. The van der Waals surface area contributed by atoms with Crippen molar-refractivity contribution in [2.24, 2.45) is 0 Å². The van der Waals surface area contributed by atoms with Crippen molar-refractivity contribution in [1.82, 2.24) is 10.3 Å². The van der Waals surface area contributed by atoms with Gasteiger partial charge in [-0.2, -0.15) is 5.01 Å². The molecule has 78 valence electrons. The van der Waals surface area contributed by atoms with Gasteiger partial charge in [-0.1, -0.05) is 12.8 Å².